The van der Waals surface area contributed by atoms with Crippen LogP contribution in [0.3, 0.4) is 0 Å². The molecular formula is C12H17N3. The first kappa shape index (κ1) is 10.1. The minimum atomic E-state index is 0.943. The van der Waals surface area contributed by atoms with Crippen LogP contribution in [0.15, 0.2) is 6.07 Å². The molecule has 3 nitrogen and oxygen atoms in total. The van der Waals surface area contributed by atoms with Crippen LogP contribution in [0.5, 0.6) is 0 Å². The summed E-state index contributed by atoms with van der Waals surface area (Å²) in [6.07, 6.45) is 2.95. The monoisotopic (exact) mass is 203 g/mol. The highest BCUT2D eigenvalue weighted by Crippen LogP contribution is 2.21. The first-order chi connectivity index (χ1) is 7.30. The number of aromatic nitrogens is 3. The van der Waals surface area contributed by atoms with Crippen LogP contribution in [-0.2, 0) is 19.3 Å². The number of hydrogen-bond donors (Lipinski definition) is 1. The van der Waals surface area contributed by atoms with Crippen LogP contribution in [-0.4, -0.2) is 15.2 Å². The number of aromatic amines is 1. The second-order valence-electron chi connectivity index (χ2n) is 3.74. The lowest BCUT2D eigenvalue weighted by Crippen LogP contribution is -1.91. The molecule has 15 heavy (non-hydrogen) atoms. The first-order valence-electron chi connectivity index (χ1n) is 5.66. The number of hydrogen-bond acceptors (Lipinski definition) is 2. The third-order valence-corrected chi connectivity index (χ3v) is 2.83. The maximum absolute atomic E-state index is 4.31. The zero-order valence-electron chi connectivity index (χ0n) is 9.59. The van der Waals surface area contributed by atoms with Crippen molar-refractivity contribution in [1.82, 2.24) is 15.2 Å². The van der Waals surface area contributed by atoms with E-state index in [9.17, 15) is 0 Å². The lowest BCUT2D eigenvalue weighted by molar-refractivity contribution is 0.938. The molecule has 1 N–H and O–H groups in total. The fraction of sp³-hybridized carbons (Fsp3) is 0.500. The number of nitrogens with zero attached hydrogens (tertiary/aromatic N) is 2. The number of aryl methyl sites for hydroxylation is 3. The smallest absolute Gasteiger partial charge is 0.114 e. The fourth-order valence-corrected chi connectivity index (χ4v) is 1.90. The van der Waals surface area contributed by atoms with Gasteiger partial charge >= 0.3 is 0 Å². The van der Waals surface area contributed by atoms with E-state index in [2.05, 4.69) is 42.0 Å². The molecule has 0 saturated carbocycles. The Morgan fingerprint density at radius 2 is 1.73 bits per heavy atom. The van der Waals surface area contributed by atoms with Crippen LogP contribution in [0.2, 0.25) is 0 Å². The Balaban J connectivity index is 2.68. The van der Waals surface area contributed by atoms with E-state index in [4.69, 9.17) is 0 Å². The molecule has 0 fully saturated rings. The van der Waals surface area contributed by atoms with Gasteiger partial charge < -0.3 is 4.98 Å². The predicted octanol–water partition coefficient (Wildman–Crippen LogP) is 2.65. The van der Waals surface area contributed by atoms with Gasteiger partial charge in [-0.1, -0.05) is 20.8 Å². The van der Waals surface area contributed by atoms with Gasteiger partial charge in [0.05, 0.1) is 5.69 Å². The molecular weight excluding hydrogens is 186 g/mol. The Kier molecular flexibility index (Phi) is 2.71. The van der Waals surface area contributed by atoms with Crippen molar-refractivity contribution in [3.05, 3.63) is 23.1 Å². The summed E-state index contributed by atoms with van der Waals surface area (Å²) in [5.41, 5.74) is 4.61. The number of nitrogens with one attached hydrogen (secondary N) is 1. The molecule has 2 aromatic heterocycles. The van der Waals surface area contributed by atoms with Gasteiger partial charge in [-0.2, -0.15) is 5.10 Å². The highest BCUT2D eigenvalue weighted by atomic mass is 15.1. The lowest BCUT2D eigenvalue weighted by atomic mass is 10.2. The zero-order chi connectivity index (χ0) is 10.8. The van der Waals surface area contributed by atoms with Crippen molar-refractivity contribution in [1.29, 1.82) is 0 Å². The molecule has 2 aromatic rings. The average molecular weight is 203 g/mol. The summed E-state index contributed by atoms with van der Waals surface area (Å²) in [7, 11) is 0. The van der Waals surface area contributed by atoms with Crippen molar-refractivity contribution < 1.29 is 0 Å². The Hall–Kier alpha value is -1.38. The summed E-state index contributed by atoms with van der Waals surface area (Å²) in [5.74, 6) is 0. The first-order valence-corrected chi connectivity index (χ1v) is 5.66. The van der Waals surface area contributed by atoms with Crippen molar-refractivity contribution in [3.8, 4) is 0 Å². The van der Waals surface area contributed by atoms with Gasteiger partial charge in [-0.05, 0) is 25.3 Å². The van der Waals surface area contributed by atoms with Crippen molar-refractivity contribution in [2.75, 3.05) is 0 Å². The van der Waals surface area contributed by atoms with Gasteiger partial charge in [0, 0.05) is 16.8 Å². The van der Waals surface area contributed by atoms with E-state index in [0.717, 1.165) is 30.5 Å². The molecule has 2 rings (SSSR count). The largest absolute Gasteiger partial charge is 0.360 e. The summed E-state index contributed by atoms with van der Waals surface area (Å²) in [6.45, 7) is 6.41. The van der Waals surface area contributed by atoms with Gasteiger partial charge in [-0.3, -0.25) is 0 Å². The van der Waals surface area contributed by atoms with Crippen molar-refractivity contribution >= 4 is 10.9 Å². The number of fused-ring (bicyclic) bond motifs is 1. The quantitative estimate of drug-likeness (QED) is 0.833. The average Bonchev–Trinajstić information content (AvgIpc) is 2.65. The van der Waals surface area contributed by atoms with E-state index >= 15 is 0 Å². The second kappa shape index (κ2) is 4.01. The maximum atomic E-state index is 4.31. The highest BCUT2D eigenvalue weighted by Gasteiger charge is 2.10. The van der Waals surface area contributed by atoms with Gasteiger partial charge in [-0.15, -0.1) is 5.10 Å². The Bertz CT molecular complexity index is 471. The molecule has 0 aliphatic heterocycles. The van der Waals surface area contributed by atoms with Crippen molar-refractivity contribution in [2.24, 2.45) is 0 Å². The SMILES string of the molecule is CCc1cc2c(CC)[nH]c(CC)c2nn1. The zero-order valence-corrected chi connectivity index (χ0v) is 9.59. The molecule has 0 bridgehead atoms. The molecule has 0 saturated heterocycles. The molecule has 0 unspecified atom stereocenters. The third kappa shape index (κ3) is 1.62. The topological polar surface area (TPSA) is 41.6 Å². The van der Waals surface area contributed by atoms with Gasteiger partial charge in [-0.25, -0.2) is 0 Å². The van der Waals surface area contributed by atoms with Gasteiger partial charge in [0.1, 0.15) is 5.52 Å². The molecule has 0 spiro atoms. The lowest BCUT2D eigenvalue weighted by Gasteiger charge is -1.96. The van der Waals surface area contributed by atoms with E-state index in [1.807, 2.05) is 0 Å². The Morgan fingerprint density at radius 3 is 2.33 bits per heavy atom. The molecule has 0 aliphatic rings. The van der Waals surface area contributed by atoms with E-state index < -0.39 is 0 Å². The third-order valence-electron chi connectivity index (χ3n) is 2.83. The van der Waals surface area contributed by atoms with Gasteiger partial charge in [0.25, 0.3) is 0 Å². The van der Waals surface area contributed by atoms with E-state index in [1.54, 1.807) is 0 Å². The Labute approximate surface area is 89.9 Å². The molecule has 2 heterocycles. The van der Waals surface area contributed by atoms with Gasteiger partial charge in [0.15, 0.2) is 0 Å². The van der Waals surface area contributed by atoms with Gasteiger partial charge in [0.2, 0.25) is 0 Å². The summed E-state index contributed by atoms with van der Waals surface area (Å²) in [6, 6.07) is 2.16. The maximum Gasteiger partial charge on any atom is 0.114 e. The van der Waals surface area contributed by atoms with Crippen LogP contribution in [0.25, 0.3) is 10.9 Å². The van der Waals surface area contributed by atoms with Crippen LogP contribution in [0.4, 0.5) is 0 Å². The molecule has 0 atom stereocenters. The normalized spacial score (nSPS) is 11.1. The fourth-order valence-electron chi connectivity index (χ4n) is 1.90. The van der Waals surface area contributed by atoms with E-state index in [0.29, 0.717) is 0 Å². The molecule has 0 amide bonds. The second-order valence-corrected chi connectivity index (χ2v) is 3.74. The van der Waals surface area contributed by atoms with Crippen molar-refractivity contribution in [2.45, 2.75) is 40.0 Å². The molecule has 3 heteroatoms. The number of H-pyrrole nitrogens is 1. The highest BCUT2D eigenvalue weighted by molar-refractivity contribution is 5.84. The van der Waals surface area contributed by atoms with Crippen LogP contribution in [0.1, 0.15) is 37.9 Å². The van der Waals surface area contributed by atoms with Crippen LogP contribution < -0.4 is 0 Å². The summed E-state index contributed by atoms with van der Waals surface area (Å²) >= 11 is 0. The number of rotatable bonds is 3. The molecule has 80 valence electrons. The van der Waals surface area contributed by atoms with Crippen LogP contribution >= 0.6 is 0 Å². The predicted molar refractivity (Wildman–Crippen MR) is 62.0 cm³/mol. The van der Waals surface area contributed by atoms with Crippen molar-refractivity contribution in [3.63, 3.8) is 0 Å². The summed E-state index contributed by atoms with van der Waals surface area (Å²) in [5, 5.41) is 9.77. The molecule has 0 radical (unpaired) electrons. The van der Waals surface area contributed by atoms with Crippen LogP contribution in [0, 0.1) is 0 Å². The minimum Gasteiger partial charge on any atom is -0.360 e. The molecule has 0 aliphatic carbocycles. The van der Waals surface area contributed by atoms with E-state index in [1.165, 1.54) is 16.8 Å². The summed E-state index contributed by atoms with van der Waals surface area (Å²) in [4.78, 5) is 3.44. The Morgan fingerprint density at radius 1 is 1.00 bits per heavy atom. The molecule has 0 aromatic carbocycles. The van der Waals surface area contributed by atoms with E-state index in [-0.39, 0.29) is 0 Å². The summed E-state index contributed by atoms with van der Waals surface area (Å²) < 4.78 is 0. The minimum absolute atomic E-state index is 0.943. The standard InChI is InChI=1S/C12H17N3/c1-4-8-7-9-10(5-2)13-11(6-3)12(9)15-14-8/h7,13H,4-6H2,1-3H3.